The van der Waals surface area contributed by atoms with Crippen LogP contribution in [0.5, 0.6) is 0 Å². The average molecular weight is 302 g/mol. The zero-order chi connectivity index (χ0) is 16.1. The summed E-state index contributed by atoms with van der Waals surface area (Å²) in [5.41, 5.74) is 1.87. The van der Waals surface area contributed by atoms with Crippen LogP contribution in [-0.4, -0.2) is 42.8 Å². The van der Waals surface area contributed by atoms with E-state index >= 15 is 0 Å². The third-order valence-electron chi connectivity index (χ3n) is 4.57. The lowest BCUT2D eigenvalue weighted by molar-refractivity contribution is -0.136. The van der Waals surface area contributed by atoms with Gasteiger partial charge in [0.15, 0.2) is 5.78 Å². The molecule has 0 aromatic heterocycles. The Morgan fingerprint density at radius 2 is 1.55 bits per heavy atom. The van der Waals surface area contributed by atoms with Crippen molar-refractivity contribution in [1.82, 2.24) is 4.90 Å². The molecule has 0 N–H and O–H groups in total. The van der Waals surface area contributed by atoms with Gasteiger partial charge >= 0.3 is 0 Å². The van der Waals surface area contributed by atoms with Crippen LogP contribution in [0.25, 0.3) is 0 Å². The highest BCUT2D eigenvalue weighted by Gasteiger charge is 2.25. The van der Waals surface area contributed by atoms with E-state index in [1.165, 1.54) is 0 Å². The Bertz CT molecular complexity index is 512. The van der Waals surface area contributed by atoms with Crippen LogP contribution in [0.3, 0.4) is 0 Å². The molecule has 0 atom stereocenters. The van der Waals surface area contributed by atoms with Crippen molar-refractivity contribution in [3.05, 3.63) is 29.8 Å². The standard InChI is InChI=1S/C18H26N2O2/c1-4-15(5-2)18(22)20-12-10-19(11-13-20)17-8-6-16(7-9-17)14(3)21/h6-9,15H,4-5,10-13H2,1-3H3. The zero-order valence-electron chi connectivity index (χ0n) is 13.8. The van der Waals surface area contributed by atoms with Crippen molar-refractivity contribution < 1.29 is 9.59 Å². The number of nitrogens with zero attached hydrogens (tertiary/aromatic N) is 2. The van der Waals surface area contributed by atoms with Crippen LogP contribution in [0.1, 0.15) is 44.0 Å². The van der Waals surface area contributed by atoms with Gasteiger partial charge in [0.25, 0.3) is 0 Å². The van der Waals surface area contributed by atoms with Crippen LogP contribution in [0, 0.1) is 5.92 Å². The minimum atomic E-state index is 0.0899. The van der Waals surface area contributed by atoms with E-state index in [0.717, 1.165) is 50.3 Å². The first-order valence-corrected chi connectivity index (χ1v) is 8.21. The number of hydrogen-bond acceptors (Lipinski definition) is 3. The molecule has 1 saturated heterocycles. The molecular weight excluding hydrogens is 276 g/mol. The normalized spacial score (nSPS) is 15.3. The summed E-state index contributed by atoms with van der Waals surface area (Å²) in [5, 5.41) is 0. The number of amides is 1. The second-order valence-electron chi connectivity index (χ2n) is 5.93. The molecule has 22 heavy (non-hydrogen) atoms. The van der Waals surface area contributed by atoms with Gasteiger partial charge in [-0.2, -0.15) is 0 Å². The monoisotopic (exact) mass is 302 g/mol. The molecule has 1 amide bonds. The minimum absolute atomic E-state index is 0.0899. The molecule has 1 fully saturated rings. The molecule has 0 radical (unpaired) electrons. The summed E-state index contributed by atoms with van der Waals surface area (Å²) in [5.74, 6) is 0.560. The summed E-state index contributed by atoms with van der Waals surface area (Å²) in [6.45, 7) is 9.01. The molecule has 2 rings (SSSR count). The van der Waals surface area contributed by atoms with Gasteiger partial charge in [0.1, 0.15) is 0 Å². The van der Waals surface area contributed by atoms with E-state index in [0.29, 0.717) is 5.91 Å². The summed E-state index contributed by atoms with van der Waals surface area (Å²) < 4.78 is 0. The lowest BCUT2D eigenvalue weighted by atomic mass is 10.0. The van der Waals surface area contributed by atoms with E-state index in [2.05, 4.69) is 18.7 Å². The van der Waals surface area contributed by atoms with E-state index in [1.807, 2.05) is 29.2 Å². The number of piperazine rings is 1. The molecule has 4 nitrogen and oxygen atoms in total. The maximum Gasteiger partial charge on any atom is 0.225 e. The van der Waals surface area contributed by atoms with Crippen molar-refractivity contribution in [2.45, 2.75) is 33.6 Å². The third-order valence-corrected chi connectivity index (χ3v) is 4.57. The fourth-order valence-corrected chi connectivity index (χ4v) is 2.99. The molecule has 0 aliphatic carbocycles. The molecule has 1 aromatic carbocycles. The summed E-state index contributed by atoms with van der Waals surface area (Å²) in [7, 11) is 0. The Morgan fingerprint density at radius 3 is 2.00 bits per heavy atom. The highest BCUT2D eigenvalue weighted by atomic mass is 16.2. The summed E-state index contributed by atoms with van der Waals surface area (Å²) in [4.78, 5) is 28.0. The maximum absolute atomic E-state index is 12.4. The third kappa shape index (κ3) is 3.67. The Balaban J connectivity index is 1.94. The van der Waals surface area contributed by atoms with Crippen molar-refractivity contribution in [1.29, 1.82) is 0 Å². The van der Waals surface area contributed by atoms with Crippen LogP contribution >= 0.6 is 0 Å². The number of carbonyl (C=O) groups excluding carboxylic acids is 2. The molecule has 4 heteroatoms. The second-order valence-corrected chi connectivity index (χ2v) is 5.93. The largest absolute Gasteiger partial charge is 0.368 e. The Kier molecular flexibility index (Phi) is 5.58. The van der Waals surface area contributed by atoms with Gasteiger partial charge in [0, 0.05) is 43.3 Å². The van der Waals surface area contributed by atoms with Gasteiger partial charge in [-0.05, 0) is 44.0 Å². The fourth-order valence-electron chi connectivity index (χ4n) is 2.99. The zero-order valence-corrected chi connectivity index (χ0v) is 13.8. The predicted octanol–water partition coefficient (Wildman–Crippen LogP) is 2.97. The highest BCUT2D eigenvalue weighted by molar-refractivity contribution is 5.94. The molecular formula is C18H26N2O2. The number of benzene rings is 1. The van der Waals surface area contributed by atoms with Crippen LogP contribution in [-0.2, 0) is 4.79 Å². The van der Waals surface area contributed by atoms with Crippen molar-refractivity contribution in [2.24, 2.45) is 5.92 Å². The maximum atomic E-state index is 12.4. The molecule has 0 saturated carbocycles. The molecule has 0 unspecified atom stereocenters. The first-order valence-electron chi connectivity index (χ1n) is 8.21. The van der Waals surface area contributed by atoms with Crippen molar-refractivity contribution in [3.63, 3.8) is 0 Å². The smallest absolute Gasteiger partial charge is 0.225 e. The van der Waals surface area contributed by atoms with E-state index in [-0.39, 0.29) is 11.7 Å². The van der Waals surface area contributed by atoms with Crippen LogP contribution in [0.2, 0.25) is 0 Å². The van der Waals surface area contributed by atoms with Crippen LogP contribution in [0.4, 0.5) is 5.69 Å². The van der Waals surface area contributed by atoms with Gasteiger partial charge < -0.3 is 9.80 Å². The molecule has 1 aliphatic rings. The van der Waals surface area contributed by atoms with Crippen LogP contribution < -0.4 is 4.90 Å². The lowest BCUT2D eigenvalue weighted by Crippen LogP contribution is -2.50. The molecule has 0 spiro atoms. The van der Waals surface area contributed by atoms with Gasteiger partial charge in [-0.15, -0.1) is 0 Å². The molecule has 1 aliphatic heterocycles. The molecule has 120 valence electrons. The summed E-state index contributed by atoms with van der Waals surface area (Å²) >= 11 is 0. The molecule has 0 bridgehead atoms. The predicted molar refractivity (Wildman–Crippen MR) is 89.3 cm³/mol. The summed E-state index contributed by atoms with van der Waals surface area (Å²) in [6.07, 6.45) is 1.84. The first kappa shape index (κ1) is 16.5. The van der Waals surface area contributed by atoms with Crippen LogP contribution in [0.15, 0.2) is 24.3 Å². The van der Waals surface area contributed by atoms with Crippen molar-refractivity contribution >= 4 is 17.4 Å². The fraction of sp³-hybridized carbons (Fsp3) is 0.556. The van der Waals surface area contributed by atoms with Gasteiger partial charge in [-0.1, -0.05) is 13.8 Å². The summed E-state index contributed by atoms with van der Waals surface area (Å²) in [6, 6.07) is 7.74. The van der Waals surface area contributed by atoms with Gasteiger partial charge in [-0.3, -0.25) is 9.59 Å². The minimum Gasteiger partial charge on any atom is -0.368 e. The number of rotatable bonds is 5. The van der Waals surface area contributed by atoms with Gasteiger partial charge in [0.05, 0.1) is 0 Å². The van der Waals surface area contributed by atoms with E-state index in [4.69, 9.17) is 0 Å². The second kappa shape index (κ2) is 7.43. The van der Waals surface area contributed by atoms with E-state index in [9.17, 15) is 9.59 Å². The van der Waals surface area contributed by atoms with Gasteiger partial charge in [-0.25, -0.2) is 0 Å². The first-order chi connectivity index (χ1) is 10.6. The lowest BCUT2D eigenvalue weighted by Gasteiger charge is -2.37. The quantitative estimate of drug-likeness (QED) is 0.785. The number of anilines is 1. The Hall–Kier alpha value is -1.84. The number of ketones is 1. The molecule has 1 heterocycles. The van der Waals surface area contributed by atoms with Crippen molar-refractivity contribution in [3.8, 4) is 0 Å². The Morgan fingerprint density at radius 1 is 1.00 bits per heavy atom. The van der Waals surface area contributed by atoms with E-state index in [1.54, 1.807) is 6.92 Å². The number of Topliss-reactive ketones (excluding diaryl/α,β-unsaturated/α-hetero) is 1. The van der Waals surface area contributed by atoms with Crippen molar-refractivity contribution in [2.75, 3.05) is 31.1 Å². The number of carbonyl (C=O) groups is 2. The number of hydrogen-bond donors (Lipinski definition) is 0. The topological polar surface area (TPSA) is 40.6 Å². The SMILES string of the molecule is CCC(CC)C(=O)N1CCN(c2ccc(C(C)=O)cc2)CC1. The van der Waals surface area contributed by atoms with E-state index < -0.39 is 0 Å². The molecule has 1 aromatic rings. The average Bonchev–Trinajstić information content (AvgIpc) is 2.56. The Labute approximate surface area is 133 Å². The van der Waals surface area contributed by atoms with Gasteiger partial charge in [0.2, 0.25) is 5.91 Å². The highest BCUT2D eigenvalue weighted by Crippen LogP contribution is 2.19.